The molecule has 0 atom stereocenters. The molecule has 0 unspecified atom stereocenters. The Kier molecular flexibility index (Phi) is 8.48. The van der Waals surface area contributed by atoms with Crippen LogP contribution < -0.4 is 14.2 Å². The van der Waals surface area contributed by atoms with E-state index in [1.807, 2.05) is 32.0 Å². The van der Waals surface area contributed by atoms with Crippen molar-refractivity contribution in [1.29, 1.82) is 0 Å². The normalized spacial score (nSPS) is 12.0. The highest BCUT2D eigenvalue weighted by Gasteiger charge is 2.16. The van der Waals surface area contributed by atoms with Gasteiger partial charge in [-0.25, -0.2) is 26.3 Å². The van der Waals surface area contributed by atoms with Gasteiger partial charge in [-0.05, 0) is 62.1 Å². The van der Waals surface area contributed by atoms with Gasteiger partial charge in [0.2, 0.25) is 20.0 Å². The molecule has 0 bridgehead atoms. The largest absolute Gasteiger partial charge is 0.496 e. The summed E-state index contributed by atoms with van der Waals surface area (Å²) in [6.45, 7) is 4.21. The number of para-hydroxylation sites is 1. The van der Waals surface area contributed by atoms with Crippen molar-refractivity contribution in [2.24, 2.45) is 0 Å². The van der Waals surface area contributed by atoms with Gasteiger partial charge in [0.25, 0.3) is 0 Å². The third-order valence-electron chi connectivity index (χ3n) is 5.42. The summed E-state index contributed by atoms with van der Waals surface area (Å²) in [5.74, 6) is 0.631. The standard InChI is InChI=1S/C25H30N2O5S2/c1-19-7-11-23(12-8-19)33(28,29)26-17-15-21-5-4-6-22(25(21)32-3)16-18-27-34(30,31)24-13-9-20(2)10-14-24/h4-14,26-27H,15-18H2,1-3H3. The summed E-state index contributed by atoms with van der Waals surface area (Å²) >= 11 is 0. The van der Waals surface area contributed by atoms with Crippen molar-refractivity contribution in [1.82, 2.24) is 9.44 Å². The van der Waals surface area contributed by atoms with Crippen molar-refractivity contribution < 1.29 is 21.6 Å². The molecule has 3 aromatic carbocycles. The van der Waals surface area contributed by atoms with Crippen LogP contribution in [0.2, 0.25) is 0 Å². The molecule has 182 valence electrons. The van der Waals surface area contributed by atoms with Gasteiger partial charge in [-0.2, -0.15) is 0 Å². The molecule has 0 aromatic heterocycles. The summed E-state index contributed by atoms with van der Waals surface area (Å²) in [5.41, 5.74) is 3.66. The van der Waals surface area contributed by atoms with E-state index in [4.69, 9.17) is 4.74 Å². The summed E-state index contributed by atoms with van der Waals surface area (Å²) in [6.07, 6.45) is 0.856. The predicted molar refractivity (Wildman–Crippen MR) is 133 cm³/mol. The molecule has 0 radical (unpaired) electrons. The molecule has 7 nitrogen and oxygen atoms in total. The van der Waals surface area contributed by atoms with Gasteiger partial charge in [-0.1, -0.05) is 53.6 Å². The fourth-order valence-electron chi connectivity index (χ4n) is 3.54. The molecule has 0 aliphatic rings. The van der Waals surface area contributed by atoms with E-state index in [2.05, 4.69) is 9.44 Å². The first-order valence-electron chi connectivity index (χ1n) is 10.9. The number of rotatable bonds is 11. The van der Waals surface area contributed by atoms with Crippen LogP contribution in [0.5, 0.6) is 5.75 Å². The lowest BCUT2D eigenvalue weighted by molar-refractivity contribution is 0.404. The van der Waals surface area contributed by atoms with Crippen molar-refractivity contribution in [2.45, 2.75) is 36.5 Å². The first-order valence-corrected chi connectivity index (χ1v) is 13.9. The molecule has 3 aromatic rings. The zero-order valence-corrected chi connectivity index (χ0v) is 21.2. The SMILES string of the molecule is COc1c(CCNS(=O)(=O)c2ccc(C)cc2)cccc1CCNS(=O)(=O)c1ccc(C)cc1. The Hall–Kier alpha value is -2.72. The molecule has 0 amide bonds. The number of sulfonamides is 2. The second-order valence-corrected chi connectivity index (χ2v) is 11.6. The lowest BCUT2D eigenvalue weighted by Crippen LogP contribution is -2.26. The van der Waals surface area contributed by atoms with E-state index in [9.17, 15) is 16.8 Å². The zero-order chi connectivity index (χ0) is 24.8. The zero-order valence-electron chi connectivity index (χ0n) is 19.5. The number of nitrogens with one attached hydrogen (secondary N) is 2. The second-order valence-electron chi connectivity index (χ2n) is 8.03. The Labute approximate surface area is 202 Å². The third-order valence-corrected chi connectivity index (χ3v) is 8.37. The average molecular weight is 503 g/mol. The predicted octanol–water partition coefficient (Wildman–Crippen LogP) is 3.35. The van der Waals surface area contributed by atoms with E-state index in [1.54, 1.807) is 55.6 Å². The Morgan fingerprint density at radius 2 is 1.03 bits per heavy atom. The van der Waals surface area contributed by atoms with Crippen LogP contribution in [0.25, 0.3) is 0 Å². The quantitative estimate of drug-likeness (QED) is 0.419. The molecule has 0 heterocycles. The van der Waals surface area contributed by atoms with Gasteiger partial charge < -0.3 is 4.74 Å². The van der Waals surface area contributed by atoms with Crippen LogP contribution in [-0.4, -0.2) is 37.0 Å². The highest BCUT2D eigenvalue weighted by molar-refractivity contribution is 7.89. The van der Waals surface area contributed by atoms with Crippen LogP contribution in [0.15, 0.2) is 76.5 Å². The van der Waals surface area contributed by atoms with E-state index in [0.29, 0.717) is 18.6 Å². The second kappa shape index (κ2) is 11.1. The topological polar surface area (TPSA) is 102 Å². The Morgan fingerprint density at radius 1 is 0.647 bits per heavy atom. The average Bonchev–Trinajstić information content (AvgIpc) is 2.79. The fourth-order valence-corrected chi connectivity index (χ4v) is 5.60. The van der Waals surface area contributed by atoms with E-state index < -0.39 is 20.0 Å². The lowest BCUT2D eigenvalue weighted by atomic mass is 10.0. The molecule has 0 saturated heterocycles. The molecule has 3 rings (SSSR count). The molecule has 9 heteroatoms. The minimum Gasteiger partial charge on any atom is -0.496 e. The van der Waals surface area contributed by atoms with E-state index >= 15 is 0 Å². The van der Waals surface area contributed by atoms with Gasteiger partial charge in [-0.15, -0.1) is 0 Å². The third kappa shape index (κ3) is 6.66. The minimum atomic E-state index is -3.60. The molecule has 0 saturated carbocycles. The number of aryl methyl sites for hydroxylation is 2. The maximum absolute atomic E-state index is 12.5. The summed E-state index contributed by atoms with van der Waals surface area (Å²) in [4.78, 5) is 0.444. The summed E-state index contributed by atoms with van der Waals surface area (Å²) in [7, 11) is -5.66. The van der Waals surface area contributed by atoms with Crippen LogP contribution in [0, 0.1) is 13.8 Å². The molecule has 0 fully saturated rings. The molecule has 0 aliphatic carbocycles. The van der Waals surface area contributed by atoms with Crippen LogP contribution in [-0.2, 0) is 32.9 Å². The van der Waals surface area contributed by atoms with Crippen molar-refractivity contribution in [2.75, 3.05) is 20.2 Å². The van der Waals surface area contributed by atoms with Crippen molar-refractivity contribution >= 4 is 20.0 Å². The molecule has 2 N–H and O–H groups in total. The summed E-state index contributed by atoms with van der Waals surface area (Å²) in [6, 6.07) is 19.0. The van der Waals surface area contributed by atoms with Gasteiger partial charge in [0, 0.05) is 13.1 Å². The maximum Gasteiger partial charge on any atom is 0.240 e. The van der Waals surface area contributed by atoms with Crippen molar-refractivity contribution in [3.63, 3.8) is 0 Å². The molecular formula is C25H30N2O5S2. The number of methoxy groups -OCH3 is 1. The van der Waals surface area contributed by atoms with E-state index in [0.717, 1.165) is 22.3 Å². The van der Waals surface area contributed by atoms with Crippen LogP contribution in [0.1, 0.15) is 22.3 Å². The first kappa shape index (κ1) is 25.9. The van der Waals surface area contributed by atoms with Crippen molar-refractivity contribution in [3.8, 4) is 5.75 Å². The summed E-state index contributed by atoms with van der Waals surface area (Å²) < 4.78 is 60.9. The number of hydrogen-bond donors (Lipinski definition) is 2. The number of ether oxygens (including phenoxy) is 1. The van der Waals surface area contributed by atoms with Gasteiger partial charge >= 0.3 is 0 Å². The van der Waals surface area contributed by atoms with E-state index in [-0.39, 0.29) is 22.9 Å². The lowest BCUT2D eigenvalue weighted by Gasteiger charge is -2.15. The van der Waals surface area contributed by atoms with Crippen LogP contribution in [0.4, 0.5) is 0 Å². The van der Waals surface area contributed by atoms with Gasteiger partial charge in [0.15, 0.2) is 0 Å². The maximum atomic E-state index is 12.5. The minimum absolute atomic E-state index is 0.204. The first-order chi connectivity index (χ1) is 16.1. The van der Waals surface area contributed by atoms with E-state index in [1.165, 1.54) is 0 Å². The summed E-state index contributed by atoms with van der Waals surface area (Å²) in [5, 5.41) is 0. The smallest absolute Gasteiger partial charge is 0.240 e. The van der Waals surface area contributed by atoms with Crippen LogP contribution in [0.3, 0.4) is 0 Å². The Balaban J connectivity index is 1.62. The van der Waals surface area contributed by atoms with Crippen molar-refractivity contribution in [3.05, 3.63) is 89.0 Å². The molecule has 34 heavy (non-hydrogen) atoms. The number of benzene rings is 3. The Morgan fingerprint density at radius 3 is 1.38 bits per heavy atom. The monoisotopic (exact) mass is 502 g/mol. The van der Waals surface area contributed by atoms with Crippen LogP contribution >= 0.6 is 0 Å². The fraction of sp³-hybridized carbons (Fsp3) is 0.280. The molecular weight excluding hydrogens is 472 g/mol. The van der Waals surface area contributed by atoms with Gasteiger partial charge in [-0.3, -0.25) is 0 Å². The Bertz CT molecular complexity index is 1220. The van der Waals surface area contributed by atoms with Gasteiger partial charge in [0.05, 0.1) is 16.9 Å². The number of hydrogen-bond acceptors (Lipinski definition) is 5. The molecule has 0 aliphatic heterocycles. The van der Waals surface area contributed by atoms with Gasteiger partial charge in [0.1, 0.15) is 5.75 Å². The highest BCUT2D eigenvalue weighted by atomic mass is 32.2. The molecule has 0 spiro atoms. The highest BCUT2D eigenvalue weighted by Crippen LogP contribution is 2.25.